The Morgan fingerprint density at radius 2 is 2.08 bits per heavy atom. The second-order valence-corrected chi connectivity index (χ2v) is 9.89. The van der Waals surface area contributed by atoms with Gasteiger partial charge in [-0.05, 0) is 56.6 Å². The maximum absolute atomic E-state index is 12.6. The van der Waals surface area contributed by atoms with Crippen LogP contribution in [0.2, 0.25) is 0 Å². The molecule has 3 aliphatic heterocycles. The third-order valence-corrected chi connectivity index (χ3v) is 8.19. The highest BCUT2D eigenvalue weighted by Gasteiger charge is 2.45. The van der Waals surface area contributed by atoms with Crippen LogP contribution in [0.5, 0.6) is 0 Å². The second kappa shape index (κ2) is 6.11. The molecule has 0 aliphatic carbocycles. The van der Waals surface area contributed by atoms with Crippen molar-refractivity contribution in [1.29, 1.82) is 0 Å². The van der Waals surface area contributed by atoms with E-state index in [1.165, 1.54) is 23.1 Å². The predicted molar refractivity (Wildman–Crippen MR) is 96.5 cm³/mol. The van der Waals surface area contributed by atoms with Crippen LogP contribution in [0, 0.1) is 12.8 Å². The minimum absolute atomic E-state index is 0.192. The number of hydrogen-bond donors (Lipinski definition) is 0. The van der Waals surface area contributed by atoms with Gasteiger partial charge in [-0.3, -0.25) is 4.90 Å². The zero-order chi connectivity index (χ0) is 16.9. The molecular weight excluding hydrogens is 320 g/mol. The Balaban J connectivity index is 1.67. The number of sulfonamides is 1. The minimum Gasteiger partial charge on any atom is -0.296 e. The third-order valence-electron chi connectivity index (χ3n) is 6.29. The fourth-order valence-corrected chi connectivity index (χ4v) is 6.46. The van der Waals surface area contributed by atoms with Gasteiger partial charge >= 0.3 is 0 Å². The molecule has 0 saturated carbocycles. The molecule has 3 aliphatic rings. The Kier molecular flexibility index (Phi) is 4.22. The van der Waals surface area contributed by atoms with E-state index >= 15 is 0 Å². The van der Waals surface area contributed by atoms with Gasteiger partial charge in [-0.2, -0.15) is 4.31 Å². The van der Waals surface area contributed by atoms with Crippen LogP contribution in [0.1, 0.15) is 48.9 Å². The Morgan fingerprint density at radius 1 is 1.25 bits per heavy atom. The number of hydrogen-bond acceptors (Lipinski definition) is 3. The largest absolute Gasteiger partial charge is 0.296 e. The SMILES string of the molecule is CCS(=O)(=O)N1CCC[C@@H]2CN3CCc4cc(C)ccc4[C@@H]3C[C@@H]21. The smallest absolute Gasteiger partial charge is 0.214 e. The number of piperidine rings is 2. The fourth-order valence-electron chi connectivity index (χ4n) is 5.05. The number of aryl methyl sites for hydroxylation is 1. The average molecular weight is 349 g/mol. The van der Waals surface area contributed by atoms with Crippen LogP contribution >= 0.6 is 0 Å². The number of fused-ring (bicyclic) bond motifs is 4. The minimum atomic E-state index is -3.10. The maximum atomic E-state index is 12.6. The summed E-state index contributed by atoms with van der Waals surface area (Å²) in [6.07, 6.45) is 4.26. The van der Waals surface area contributed by atoms with E-state index in [1.54, 1.807) is 6.92 Å². The van der Waals surface area contributed by atoms with E-state index in [-0.39, 0.29) is 11.8 Å². The zero-order valence-corrected chi connectivity index (χ0v) is 15.6. The topological polar surface area (TPSA) is 40.6 Å². The lowest BCUT2D eigenvalue weighted by Crippen LogP contribution is -2.57. The molecule has 3 atom stereocenters. The summed E-state index contributed by atoms with van der Waals surface area (Å²) in [5.41, 5.74) is 4.23. The van der Waals surface area contributed by atoms with Crippen LogP contribution in [-0.2, 0) is 16.4 Å². The summed E-state index contributed by atoms with van der Waals surface area (Å²) in [6, 6.07) is 7.39. The van der Waals surface area contributed by atoms with E-state index in [1.807, 2.05) is 4.31 Å². The second-order valence-electron chi connectivity index (χ2n) is 7.68. The van der Waals surface area contributed by atoms with Crippen molar-refractivity contribution in [3.8, 4) is 0 Å². The lowest BCUT2D eigenvalue weighted by molar-refractivity contribution is 0.0220. The molecule has 3 heterocycles. The van der Waals surface area contributed by atoms with Gasteiger partial charge in [0.15, 0.2) is 0 Å². The number of nitrogens with zero attached hydrogens (tertiary/aromatic N) is 2. The van der Waals surface area contributed by atoms with E-state index in [2.05, 4.69) is 30.0 Å². The average Bonchev–Trinajstić information content (AvgIpc) is 2.59. The van der Waals surface area contributed by atoms with Gasteiger partial charge in [0.25, 0.3) is 0 Å². The highest BCUT2D eigenvalue weighted by atomic mass is 32.2. The summed E-state index contributed by atoms with van der Waals surface area (Å²) in [5.74, 6) is 0.726. The van der Waals surface area contributed by atoms with Crippen LogP contribution in [0.4, 0.5) is 0 Å². The van der Waals surface area contributed by atoms with Crippen molar-refractivity contribution < 1.29 is 8.42 Å². The van der Waals surface area contributed by atoms with Gasteiger partial charge in [-0.25, -0.2) is 8.42 Å². The molecule has 0 aromatic heterocycles. The first-order valence-corrected chi connectivity index (χ1v) is 10.9. The first-order valence-electron chi connectivity index (χ1n) is 9.32. The predicted octanol–water partition coefficient (Wildman–Crippen LogP) is 2.73. The molecule has 0 bridgehead atoms. The first-order chi connectivity index (χ1) is 11.5. The van der Waals surface area contributed by atoms with E-state index in [0.717, 1.165) is 32.4 Å². The molecule has 4 nitrogen and oxygen atoms in total. The Hall–Kier alpha value is -0.910. The van der Waals surface area contributed by atoms with E-state index in [4.69, 9.17) is 0 Å². The van der Waals surface area contributed by atoms with Gasteiger partial charge in [-0.15, -0.1) is 0 Å². The summed E-state index contributed by atoms with van der Waals surface area (Å²) in [5, 5.41) is 0. The molecule has 0 radical (unpaired) electrons. The van der Waals surface area contributed by atoms with Gasteiger partial charge in [-0.1, -0.05) is 23.8 Å². The molecule has 2 saturated heterocycles. The third kappa shape index (κ3) is 2.71. The Morgan fingerprint density at radius 3 is 2.88 bits per heavy atom. The Bertz CT molecular complexity index is 731. The summed E-state index contributed by atoms with van der Waals surface area (Å²) in [7, 11) is -3.10. The van der Waals surface area contributed by atoms with Crippen molar-refractivity contribution in [2.24, 2.45) is 5.92 Å². The maximum Gasteiger partial charge on any atom is 0.214 e. The molecule has 132 valence electrons. The van der Waals surface area contributed by atoms with Crippen LogP contribution in [0.25, 0.3) is 0 Å². The van der Waals surface area contributed by atoms with Crippen molar-refractivity contribution in [1.82, 2.24) is 9.21 Å². The van der Waals surface area contributed by atoms with E-state index < -0.39 is 10.0 Å². The highest BCUT2D eigenvalue weighted by Crippen LogP contribution is 2.43. The van der Waals surface area contributed by atoms with E-state index in [9.17, 15) is 8.42 Å². The summed E-state index contributed by atoms with van der Waals surface area (Å²) in [6.45, 7) is 6.81. The molecule has 24 heavy (non-hydrogen) atoms. The van der Waals surface area contributed by atoms with Crippen molar-refractivity contribution >= 4 is 10.0 Å². The molecular formula is C19H28N2O2S. The molecule has 4 rings (SSSR count). The van der Waals surface area contributed by atoms with Gasteiger partial charge in [0.1, 0.15) is 0 Å². The van der Waals surface area contributed by atoms with Gasteiger partial charge in [0, 0.05) is 31.7 Å². The van der Waals surface area contributed by atoms with E-state index in [0.29, 0.717) is 18.5 Å². The molecule has 0 amide bonds. The lowest BCUT2D eigenvalue weighted by atomic mass is 9.77. The molecule has 5 heteroatoms. The van der Waals surface area contributed by atoms with Crippen molar-refractivity contribution in [2.75, 3.05) is 25.4 Å². The quantitative estimate of drug-likeness (QED) is 0.825. The van der Waals surface area contributed by atoms with Crippen molar-refractivity contribution in [3.63, 3.8) is 0 Å². The monoisotopic (exact) mass is 348 g/mol. The zero-order valence-electron chi connectivity index (χ0n) is 14.7. The standard InChI is InChI=1S/C19H28N2O2S/c1-3-24(22,23)21-9-4-5-16-13-20-10-8-15-11-14(2)6-7-17(15)19(20)12-18(16)21/h6-7,11,16,18-19H,3-5,8-10,12-13H2,1-2H3/t16-,18+,19+/m1/s1. The molecule has 0 unspecified atom stereocenters. The summed E-state index contributed by atoms with van der Waals surface area (Å²) in [4.78, 5) is 2.61. The molecule has 1 aromatic rings. The van der Waals surface area contributed by atoms with Crippen LogP contribution in [-0.4, -0.2) is 49.1 Å². The van der Waals surface area contributed by atoms with Crippen molar-refractivity contribution in [2.45, 2.75) is 51.6 Å². The van der Waals surface area contributed by atoms with Crippen molar-refractivity contribution in [3.05, 3.63) is 34.9 Å². The van der Waals surface area contributed by atoms with Gasteiger partial charge in [0.2, 0.25) is 10.0 Å². The summed E-state index contributed by atoms with van der Waals surface area (Å²) < 4.78 is 27.0. The number of benzene rings is 1. The number of rotatable bonds is 2. The van der Waals surface area contributed by atoms with Gasteiger partial charge in [0.05, 0.1) is 5.75 Å². The summed E-state index contributed by atoms with van der Waals surface area (Å²) >= 11 is 0. The van der Waals surface area contributed by atoms with Gasteiger partial charge < -0.3 is 0 Å². The van der Waals surface area contributed by atoms with Crippen LogP contribution < -0.4 is 0 Å². The molecule has 2 fully saturated rings. The lowest BCUT2D eigenvalue weighted by Gasteiger charge is -2.51. The van der Waals surface area contributed by atoms with Crippen LogP contribution in [0.3, 0.4) is 0 Å². The first kappa shape index (κ1) is 16.6. The highest BCUT2D eigenvalue weighted by molar-refractivity contribution is 7.89. The Labute approximate surface area is 145 Å². The molecule has 1 aromatic carbocycles. The molecule has 0 spiro atoms. The normalized spacial score (nSPS) is 31.2. The van der Waals surface area contributed by atoms with Crippen LogP contribution in [0.15, 0.2) is 18.2 Å². The molecule has 0 N–H and O–H groups in total. The fraction of sp³-hybridized carbons (Fsp3) is 0.684.